The van der Waals surface area contributed by atoms with Crippen molar-refractivity contribution in [2.75, 3.05) is 33.3 Å². The van der Waals surface area contributed by atoms with Crippen LogP contribution in [0.1, 0.15) is 34.8 Å². The first-order chi connectivity index (χ1) is 17.7. The summed E-state index contributed by atoms with van der Waals surface area (Å²) in [4.78, 5) is 37.1. The third kappa shape index (κ3) is 4.54. The van der Waals surface area contributed by atoms with Gasteiger partial charge in [0.05, 0.1) is 19.7 Å². The molecule has 196 valence electrons. The first kappa shape index (κ1) is 24.8. The van der Waals surface area contributed by atoms with Gasteiger partial charge < -0.3 is 30.0 Å². The van der Waals surface area contributed by atoms with E-state index in [9.17, 15) is 22.8 Å². The van der Waals surface area contributed by atoms with Crippen molar-refractivity contribution in [3.8, 4) is 17.2 Å². The highest BCUT2D eigenvalue weighted by atomic mass is 19.4. The lowest BCUT2D eigenvalue weighted by atomic mass is 10.1. The highest BCUT2D eigenvalue weighted by molar-refractivity contribution is 5.98. The van der Waals surface area contributed by atoms with Crippen LogP contribution in [0.3, 0.4) is 0 Å². The maximum Gasteiger partial charge on any atom is 0.433 e. The summed E-state index contributed by atoms with van der Waals surface area (Å²) >= 11 is 0. The zero-order valence-corrected chi connectivity index (χ0v) is 20.0. The molecule has 0 saturated carbocycles. The summed E-state index contributed by atoms with van der Waals surface area (Å²) in [6.45, 7) is 1.96. The molecule has 0 aliphatic carbocycles. The smallest absolute Gasteiger partial charge is 0.433 e. The molecule has 0 radical (unpaired) electrons. The molecule has 2 aliphatic rings. The molecule has 1 aromatic carbocycles. The number of hydrogen-bond acceptors (Lipinski definition) is 7. The van der Waals surface area contributed by atoms with Crippen molar-refractivity contribution in [2.45, 2.75) is 31.6 Å². The van der Waals surface area contributed by atoms with Gasteiger partial charge in [0.1, 0.15) is 17.0 Å². The number of fused-ring (bicyclic) bond motifs is 1. The molecular weight excluding hydrogens is 493 g/mol. The third-order valence-electron chi connectivity index (χ3n) is 6.65. The van der Waals surface area contributed by atoms with Crippen LogP contribution in [0.4, 0.5) is 18.0 Å². The Morgan fingerprint density at radius 1 is 1.24 bits per heavy atom. The van der Waals surface area contributed by atoms with E-state index in [1.54, 1.807) is 15.9 Å². The Bertz CT molecular complexity index is 1360. The second-order valence-electron chi connectivity index (χ2n) is 8.87. The molecule has 2 aromatic heterocycles. The molecular formula is C24H25F3N6O4. The third-order valence-corrected chi connectivity index (χ3v) is 6.65. The number of methoxy groups -OCH3 is 1. The Balaban J connectivity index is 1.46. The lowest BCUT2D eigenvalue weighted by Gasteiger charge is -2.32. The number of aromatic nitrogens is 2. The number of pyridine rings is 1. The van der Waals surface area contributed by atoms with Crippen LogP contribution in [0, 0.1) is 0 Å². The van der Waals surface area contributed by atoms with Crippen molar-refractivity contribution in [3.05, 3.63) is 41.4 Å². The van der Waals surface area contributed by atoms with Gasteiger partial charge in [0, 0.05) is 37.1 Å². The van der Waals surface area contributed by atoms with E-state index in [1.807, 2.05) is 0 Å². The number of nitrogens with two attached hydrogens (primary N) is 1. The van der Waals surface area contributed by atoms with Gasteiger partial charge in [-0.25, -0.2) is 14.8 Å². The molecule has 4 heterocycles. The molecule has 37 heavy (non-hydrogen) atoms. The number of nitrogens with one attached hydrogen (secondary N) is 1. The summed E-state index contributed by atoms with van der Waals surface area (Å²) in [5, 5.41) is 3.14. The average Bonchev–Trinajstić information content (AvgIpc) is 3.55. The maximum absolute atomic E-state index is 13.4. The number of halogens is 3. The molecule has 10 nitrogen and oxygen atoms in total. The number of carbonyl (C=O) groups excluding carboxylic acids is 2. The first-order valence-corrected chi connectivity index (χ1v) is 11.8. The molecule has 2 saturated heterocycles. The second-order valence-corrected chi connectivity index (χ2v) is 8.87. The van der Waals surface area contributed by atoms with E-state index in [4.69, 9.17) is 14.9 Å². The lowest BCUT2D eigenvalue weighted by molar-refractivity contribution is -0.140. The van der Waals surface area contributed by atoms with Crippen molar-refractivity contribution < 1.29 is 31.9 Å². The Kier molecular flexibility index (Phi) is 6.40. The van der Waals surface area contributed by atoms with Gasteiger partial charge >= 0.3 is 12.2 Å². The van der Waals surface area contributed by atoms with Gasteiger partial charge in [0.15, 0.2) is 11.5 Å². The molecule has 3 aromatic rings. The van der Waals surface area contributed by atoms with E-state index in [2.05, 4.69) is 15.3 Å². The lowest BCUT2D eigenvalue weighted by Crippen LogP contribution is -2.52. The van der Waals surface area contributed by atoms with Crippen molar-refractivity contribution in [2.24, 2.45) is 5.73 Å². The minimum atomic E-state index is -4.63. The summed E-state index contributed by atoms with van der Waals surface area (Å²) in [6.07, 6.45) is -3.15. The van der Waals surface area contributed by atoms with E-state index in [0.717, 1.165) is 12.5 Å². The number of likely N-dealkylation sites (tertiary alicyclic amines) is 1. The summed E-state index contributed by atoms with van der Waals surface area (Å²) in [6, 6.07) is 4.95. The summed E-state index contributed by atoms with van der Waals surface area (Å²) < 4.78 is 50.8. The minimum absolute atomic E-state index is 0.0163. The van der Waals surface area contributed by atoms with Gasteiger partial charge in [0.2, 0.25) is 5.89 Å². The predicted molar refractivity (Wildman–Crippen MR) is 126 cm³/mol. The number of oxazole rings is 1. The SMILES string of the molecule is COc1ccc(-c2nc(C(=O)N3CCC(N4CCCNC4=O)C3)c(CN)o2)c2ccc(C(F)(F)F)nc12. The number of amides is 3. The van der Waals surface area contributed by atoms with Crippen molar-refractivity contribution in [1.29, 1.82) is 0 Å². The molecule has 5 rings (SSSR count). The molecule has 0 bridgehead atoms. The van der Waals surface area contributed by atoms with E-state index < -0.39 is 11.9 Å². The fraction of sp³-hybridized carbons (Fsp3) is 0.417. The van der Waals surface area contributed by atoms with Crippen molar-refractivity contribution >= 4 is 22.8 Å². The number of alkyl halides is 3. The Morgan fingerprint density at radius 3 is 2.76 bits per heavy atom. The van der Waals surface area contributed by atoms with E-state index >= 15 is 0 Å². The zero-order valence-electron chi connectivity index (χ0n) is 20.0. The number of nitrogens with zero attached hydrogens (tertiary/aromatic N) is 4. The number of benzene rings is 1. The van der Waals surface area contributed by atoms with Crippen LogP contribution in [0.2, 0.25) is 0 Å². The standard InChI is InChI=1S/C24H25F3N6O4/c1-36-16-5-3-15(14-4-6-18(24(25,26)27)30-19(14)16)21-31-20(17(11-28)37-21)22(34)32-10-7-13(12-32)33-9-2-8-29-23(33)35/h3-6,13H,2,7-12,28H2,1H3,(H,29,35). The molecule has 2 aliphatic heterocycles. The Hall–Kier alpha value is -3.87. The fourth-order valence-corrected chi connectivity index (χ4v) is 4.80. The number of rotatable bonds is 5. The molecule has 13 heteroatoms. The molecule has 1 atom stereocenters. The zero-order chi connectivity index (χ0) is 26.3. The van der Waals surface area contributed by atoms with Gasteiger partial charge in [-0.1, -0.05) is 0 Å². The number of ether oxygens (including phenoxy) is 1. The normalized spacial score (nSPS) is 18.4. The van der Waals surface area contributed by atoms with Gasteiger partial charge in [-0.05, 0) is 37.1 Å². The summed E-state index contributed by atoms with van der Waals surface area (Å²) in [5.74, 6) is -0.0468. The molecule has 3 N–H and O–H groups in total. The number of hydrogen-bond donors (Lipinski definition) is 2. The van der Waals surface area contributed by atoms with Gasteiger partial charge in [0.25, 0.3) is 5.91 Å². The largest absolute Gasteiger partial charge is 0.494 e. The fourth-order valence-electron chi connectivity index (χ4n) is 4.80. The summed E-state index contributed by atoms with van der Waals surface area (Å²) in [5.41, 5.74) is 5.14. The van der Waals surface area contributed by atoms with E-state index in [0.29, 0.717) is 43.5 Å². The monoisotopic (exact) mass is 518 g/mol. The summed E-state index contributed by atoms with van der Waals surface area (Å²) in [7, 11) is 1.33. The first-order valence-electron chi connectivity index (χ1n) is 11.8. The van der Waals surface area contributed by atoms with Crippen LogP contribution in [0.5, 0.6) is 5.75 Å². The van der Waals surface area contributed by atoms with Crippen LogP contribution >= 0.6 is 0 Å². The van der Waals surface area contributed by atoms with Crippen LogP contribution < -0.4 is 15.8 Å². The predicted octanol–water partition coefficient (Wildman–Crippen LogP) is 3.01. The number of urea groups is 1. The highest BCUT2D eigenvalue weighted by Gasteiger charge is 2.36. The molecule has 0 spiro atoms. The second kappa shape index (κ2) is 9.54. The topological polar surface area (TPSA) is 127 Å². The Morgan fingerprint density at radius 2 is 2.05 bits per heavy atom. The van der Waals surface area contributed by atoms with Crippen LogP contribution in [-0.2, 0) is 12.7 Å². The quantitative estimate of drug-likeness (QED) is 0.532. The molecule has 3 amide bonds. The van der Waals surface area contributed by atoms with Crippen molar-refractivity contribution in [1.82, 2.24) is 25.1 Å². The van der Waals surface area contributed by atoms with E-state index in [-0.39, 0.29) is 53.1 Å². The van der Waals surface area contributed by atoms with Crippen LogP contribution in [-0.4, -0.2) is 71.0 Å². The molecule has 1 unspecified atom stereocenters. The highest BCUT2D eigenvalue weighted by Crippen LogP contribution is 2.37. The van der Waals surface area contributed by atoms with Gasteiger partial charge in [-0.2, -0.15) is 13.2 Å². The maximum atomic E-state index is 13.4. The van der Waals surface area contributed by atoms with Crippen LogP contribution in [0.25, 0.3) is 22.4 Å². The minimum Gasteiger partial charge on any atom is -0.494 e. The van der Waals surface area contributed by atoms with Crippen molar-refractivity contribution in [3.63, 3.8) is 0 Å². The van der Waals surface area contributed by atoms with Gasteiger partial charge in [-0.15, -0.1) is 0 Å². The molecule has 2 fully saturated rings. The average molecular weight is 518 g/mol. The number of carbonyl (C=O) groups is 2. The Labute approximate surface area is 209 Å². The van der Waals surface area contributed by atoms with E-state index in [1.165, 1.54) is 19.2 Å². The van der Waals surface area contributed by atoms with Crippen LogP contribution in [0.15, 0.2) is 28.7 Å². The van der Waals surface area contributed by atoms with Gasteiger partial charge in [-0.3, -0.25) is 4.79 Å².